The van der Waals surface area contributed by atoms with Crippen LogP contribution in [0.15, 0.2) is 41.8 Å². The molecule has 3 aromatic rings. The Hall–Kier alpha value is -2.67. The van der Waals surface area contributed by atoms with Gasteiger partial charge in [-0.15, -0.1) is 11.3 Å². The van der Waals surface area contributed by atoms with Gasteiger partial charge in [0.15, 0.2) is 6.10 Å². The minimum atomic E-state index is -0.930. The summed E-state index contributed by atoms with van der Waals surface area (Å²) in [5.74, 6) is -1.29. The summed E-state index contributed by atoms with van der Waals surface area (Å²) in [6.45, 7) is 1.75. The third-order valence-electron chi connectivity index (χ3n) is 3.91. The lowest BCUT2D eigenvalue weighted by molar-refractivity contribution is -0.129. The third-order valence-corrected chi connectivity index (χ3v) is 4.76. The number of rotatable bonds is 5. The van der Waals surface area contributed by atoms with Crippen molar-refractivity contribution in [2.45, 2.75) is 19.6 Å². The maximum atomic E-state index is 12.9. The molecule has 1 aromatic carbocycles. The Morgan fingerprint density at radius 1 is 1.28 bits per heavy atom. The van der Waals surface area contributed by atoms with E-state index in [9.17, 15) is 14.0 Å². The highest BCUT2D eigenvalue weighted by molar-refractivity contribution is 7.17. The number of nitrogens with one attached hydrogen (secondary N) is 1. The quantitative estimate of drug-likeness (QED) is 0.711. The molecule has 2 heterocycles. The van der Waals surface area contributed by atoms with Gasteiger partial charge in [-0.1, -0.05) is 12.1 Å². The second-order valence-electron chi connectivity index (χ2n) is 5.65. The molecule has 0 unspecified atom stereocenters. The number of amides is 1. The van der Waals surface area contributed by atoms with Gasteiger partial charge >= 0.3 is 5.97 Å². The SMILES string of the molecule is C[C@H](OC(=O)c1cc2sccc2n1C)C(=O)NCc1ccc(F)cc1. The van der Waals surface area contributed by atoms with Crippen molar-refractivity contribution >= 4 is 33.4 Å². The van der Waals surface area contributed by atoms with Crippen LogP contribution < -0.4 is 5.32 Å². The molecule has 7 heteroatoms. The van der Waals surface area contributed by atoms with Crippen LogP contribution in [0.25, 0.3) is 10.2 Å². The number of carbonyl (C=O) groups excluding carboxylic acids is 2. The highest BCUT2D eigenvalue weighted by Crippen LogP contribution is 2.24. The Balaban J connectivity index is 1.58. The summed E-state index contributed by atoms with van der Waals surface area (Å²) in [6, 6.07) is 9.51. The van der Waals surface area contributed by atoms with Crippen molar-refractivity contribution in [1.29, 1.82) is 0 Å². The molecule has 3 rings (SSSR count). The van der Waals surface area contributed by atoms with Crippen molar-refractivity contribution in [2.24, 2.45) is 7.05 Å². The van der Waals surface area contributed by atoms with Crippen LogP contribution in [0.2, 0.25) is 0 Å². The Morgan fingerprint density at radius 2 is 2.00 bits per heavy atom. The first-order valence-corrected chi connectivity index (χ1v) is 8.59. The lowest BCUT2D eigenvalue weighted by atomic mass is 10.2. The summed E-state index contributed by atoms with van der Waals surface area (Å²) in [7, 11) is 1.78. The van der Waals surface area contributed by atoms with Gasteiger partial charge < -0.3 is 14.6 Å². The predicted molar refractivity (Wildman–Crippen MR) is 93.9 cm³/mol. The topological polar surface area (TPSA) is 60.3 Å². The molecule has 0 saturated heterocycles. The van der Waals surface area contributed by atoms with E-state index < -0.39 is 18.0 Å². The highest BCUT2D eigenvalue weighted by Gasteiger charge is 2.21. The molecule has 0 aliphatic heterocycles. The fourth-order valence-corrected chi connectivity index (χ4v) is 3.30. The van der Waals surface area contributed by atoms with Gasteiger partial charge in [-0.05, 0) is 42.1 Å². The van der Waals surface area contributed by atoms with Crippen LogP contribution >= 0.6 is 11.3 Å². The van der Waals surface area contributed by atoms with Crippen LogP contribution in [0.4, 0.5) is 4.39 Å². The van der Waals surface area contributed by atoms with Crippen LogP contribution in [-0.2, 0) is 23.1 Å². The number of hydrogen-bond acceptors (Lipinski definition) is 4. The van der Waals surface area contributed by atoms with E-state index in [1.165, 1.54) is 30.4 Å². The van der Waals surface area contributed by atoms with Crippen LogP contribution in [-0.4, -0.2) is 22.5 Å². The standard InChI is InChI=1S/C18H17FN2O3S/c1-11(17(22)20-10-12-3-5-13(19)6-4-12)24-18(23)15-9-16-14(21(15)2)7-8-25-16/h3-9,11H,10H2,1-2H3,(H,20,22)/t11-/m0/s1. The largest absolute Gasteiger partial charge is 0.448 e. The number of aryl methyl sites for hydroxylation is 1. The summed E-state index contributed by atoms with van der Waals surface area (Å²) in [6.07, 6.45) is -0.930. The van der Waals surface area contributed by atoms with E-state index in [1.807, 2.05) is 11.4 Å². The Morgan fingerprint density at radius 3 is 2.68 bits per heavy atom. The molecule has 130 valence electrons. The number of ether oxygens (including phenoxy) is 1. The number of benzene rings is 1. The molecule has 0 saturated carbocycles. The first-order chi connectivity index (χ1) is 12.0. The van der Waals surface area contributed by atoms with Crippen molar-refractivity contribution < 1.29 is 18.7 Å². The Labute approximate surface area is 148 Å². The van der Waals surface area contributed by atoms with Crippen LogP contribution in [0.5, 0.6) is 0 Å². The highest BCUT2D eigenvalue weighted by atomic mass is 32.1. The Kier molecular flexibility index (Phi) is 4.85. The van der Waals surface area contributed by atoms with Crippen molar-refractivity contribution in [1.82, 2.24) is 9.88 Å². The number of esters is 1. The van der Waals surface area contributed by atoms with Gasteiger partial charge in [0.1, 0.15) is 11.5 Å². The Bertz CT molecular complexity index is 914. The third kappa shape index (κ3) is 3.71. The summed E-state index contributed by atoms with van der Waals surface area (Å²) in [5, 5.41) is 4.62. The molecule has 1 amide bonds. The van der Waals surface area contributed by atoms with Gasteiger partial charge in [0.2, 0.25) is 0 Å². The number of fused-ring (bicyclic) bond motifs is 1. The number of hydrogen-bond donors (Lipinski definition) is 1. The maximum Gasteiger partial charge on any atom is 0.355 e. The van der Waals surface area contributed by atoms with E-state index >= 15 is 0 Å². The van der Waals surface area contributed by atoms with Gasteiger partial charge in [0.05, 0.1) is 10.2 Å². The maximum absolute atomic E-state index is 12.9. The van der Waals surface area contributed by atoms with E-state index in [0.29, 0.717) is 5.69 Å². The minimum Gasteiger partial charge on any atom is -0.448 e. The minimum absolute atomic E-state index is 0.237. The first-order valence-electron chi connectivity index (χ1n) is 7.72. The fraction of sp³-hybridized carbons (Fsp3) is 0.222. The average molecular weight is 360 g/mol. The van der Waals surface area contributed by atoms with Crippen molar-refractivity contribution in [3.63, 3.8) is 0 Å². The lowest BCUT2D eigenvalue weighted by Crippen LogP contribution is -2.35. The van der Waals surface area contributed by atoms with E-state index in [2.05, 4.69) is 5.32 Å². The first kappa shape index (κ1) is 17.2. The molecule has 0 spiro atoms. The summed E-state index contributed by atoms with van der Waals surface area (Å²) >= 11 is 1.54. The normalized spacial score (nSPS) is 12.1. The zero-order valence-corrected chi connectivity index (χ0v) is 14.6. The smallest absolute Gasteiger partial charge is 0.355 e. The number of halogens is 1. The number of carbonyl (C=O) groups is 2. The van der Waals surface area contributed by atoms with Gasteiger partial charge in [0, 0.05) is 13.6 Å². The lowest BCUT2D eigenvalue weighted by Gasteiger charge is -2.14. The number of thiophene rings is 1. The van der Waals surface area contributed by atoms with Crippen LogP contribution in [0.3, 0.4) is 0 Å². The zero-order chi connectivity index (χ0) is 18.0. The molecule has 0 aliphatic rings. The van der Waals surface area contributed by atoms with E-state index in [-0.39, 0.29) is 12.4 Å². The molecular formula is C18H17FN2O3S. The fourth-order valence-electron chi connectivity index (χ4n) is 2.46. The molecule has 0 bridgehead atoms. The zero-order valence-electron chi connectivity index (χ0n) is 13.8. The van der Waals surface area contributed by atoms with Crippen molar-refractivity contribution in [2.75, 3.05) is 0 Å². The van der Waals surface area contributed by atoms with Gasteiger partial charge in [0.25, 0.3) is 5.91 Å². The molecular weight excluding hydrogens is 343 g/mol. The molecule has 25 heavy (non-hydrogen) atoms. The number of nitrogens with zero attached hydrogens (tertiary/aromatic N) is 1. The van der Waals surface area contributed by atoms with E-state index in [0.717, 1.165) is 15.8 Å². The molecule has 0 fully saturated rings. The van der Waals surface area contributed by atoms with Crippen molar-refractivity contribution in [3.05, 3.63) is 58.9 Å². The van der Waals surface area contributed by atoms with Gasteiger partial charge in [-0.3, -0.25) is 4.79 Å². The molecule has 0 aliphatic carbocycles. The van der Waals surface area contributed by atoms with E-state index in [4.69, 9.17) is 4.74 Å². The molecule has 2 aromatic heterocycles. The number of aromatic nitrogens is 1. The van der Waals surface area contributed by atoms with Gasteiger partial charge in [-0.2, -0.15) is 0 Å². The molecule has 0 radical (unpaired) electrons. The summed E-state index contributed by atoms with van der Waals surface area (Å²) < 4.78 is 20.9. The molecule has 1 atom stereocenters. The second-order valence-corrected chi connectivity index (χ2v) is 6.60. The predicted octanol–water partition coefficient (Wildman–Crippen LogP) is 3.24. The summed E-state index contributed by atoms with van der Waals surface area (Å²) in [4.78, 5) is 24.4. The van der Waals surface area contributed by atoms with Crippen LogP contribution in [0.1, 0.15) is 23.0 Å². The van der Waals surface area contributed by atoms with Crippen molar-refractivity contribution in [3.8, 4) is 0 Å². The van der Waals surface area contributed by atoms with Gasteiger partial charge in [-0.25, -0.2) is 9.18 Å². The van der Waals surface area contributed by atoms with Crippen LogP contribution in [0, 0.1) is 5.82 Å². The summed E-state index contributed by atoms with van der Waals surface area (Å²) in [5.41, 5.74) is 2.11. The average Bonchev–Trinajstić information content (AvgIpc) is 3.17. The molecule has 1 N–H and O–H groups in total. The second kappa shape index (κ2) is 7.06. The monoisotopic (exact) mass is 360 g/mol. The molecule has 5 nitrogen and oxygen atoms in total. The van der Waals surface area contributed by atoms with E-state index in [1.54, 1.807) is 29.8 Å².